The second-order valence-electron chi connectivity index (χ2n) is 8.00. The van der Waals surface area contributed by atoms with Crippen LogP contribution in [0.15, 0.2) is 35.6 Å². The lowest BCUT2D eigenvalue weighted by molar-refractivity contribution is -0.140. The van der Waals surface area contributed by atoms with E-state index in [4.69, 9.17) is 4.74 Å². The van der Waals surface area contributed by atoms with E-state index >= 15 is 0 Å². The molecule has 0 spiro atoms. The lowest BCUT2D eigenvalue weighted by Gasteiger charge is -2.35. The number of hydrogen-bond donors (Lipinski definition) is 1. The van der Waals surface area contributed by atoms with E-state index in [1.165, 1.54) is 11.8 Å². The number of carbonyl (C=O) groups excluding carboxylic acids is 1. The first-order chi connectivity index (χ1) is 14.1. The lowest BCUT2D eigenvalue weighted by atomic mass is 10.1. The number of hydrogen-bond acceptors (Lipinski definition) is 5. The summed E-state index contributed by atoms with van der Waals surface area (Å²) in [6, 6.07) is 8.65. The van der Waals surface area contributed by atoms with E-state index in [0.717, 1.165) is 40.3 Å². The third kappa shape index (κ3) is 3.67. The van der Waals surface area contributed by atoms with Crippen molar-refractivity contribution < 1.29 is 9.53 Å². The monoisotopic (exact) mass is 411 g/mol. The number of nitrogens with zero attached hydrogens (tertiary/aromatic N) is 4. The number of thioether (sulfide) groups is 1. The Bertz CT molecular complexity index is 1030. The van der Waals surface area contributed by atoms with Gasteiger partial charge in [0.05, 0.1) is 18.0 Å². The maximum atomic E-state index is 12.8. The molecule has 1 aromatic carbocycles. The van der Waals surface area contributed by atoms with E-state index in [0.29, 0.717) is 24.9 Å². The number of aromatic amines is 1. The zero-order valence-corrected chi connectivity index (χ0v) is 17.5. The molecule has 2 fully saturated rings. The summed E-state index contributed by atoms with van der Waals surface area (Å²) in [6.07, 6.45) is 4.43. The molecule has 29 heavy (non-hydrogen) atoms. The molecule has 2 aliphatic rings. The van der Waals surface area contributed by atoms with E-state index in [9.17, 15) is 4.79 Å². The number of morpholine rings is 1. The van der Waals surface area contributed by atoms with Gasteiger partial charge in [-0.2, -0.15) is 0 Å². The number of para-hydroxylation sites is 1. The van der Waals surface area contributed by atoms with Gasteiger partial charge in [0.1, 0.15) is 0 Å². The predicted molar refractivity (Wildman–Crippen MR) is 113 cm³/mol. The summed E-state index contributed by atoms with van der Waals surface area (Å²) in [4.78, 5) is 18.0. The Kier molecular flexibility index (Phi) is 4.83. The number of fused-ring (bicyclic) bond motifs is 1. The minimum absolute atomic E-state index is 0.0799. The molecule has 1 amide bonds. The summed E-state index contributed by atoms with van der Waals surface area (Å²) >= 11 is 1.49. The van der Waals surface area contributed by atoms with Crippen molar-refractivity contribution in [2.24, 2.45) is 0 Å². The molecule has 3 heterocycles. The molecule has 1 saturated carbocycles. The first-order valence-electron chi connectivity index (χ1n) is 10.2. The van der Waals surface area contributed by atoms with Crippen LogP contribution in [0.5, 0.6) is 0 Å². The number of benzene rings is 1. The summed E-state index contributed by atoms with van der Waals surface area (Å²) < 4.78 is 7.96. The van der Waals surface area contributed by atoms with Gasteiger partial charge < -0.3 is 14.6 Å². The third-order valence-electron chi connectivity index (χ3n) is 5.50. The molecule has 3 aromatic rings. The van der Waals surface area contributed by atoms with E-state index in [-0.39, 0.29) is 18.1 Å². The summed E-state index contributed by atoms with van der Waals surface area (Å²) in [5.41, 5.74) is 2.15. The summed E-state index contributed by atoms with van der Waals surface area (Å²) in [7, 11) is 0. The first kappa shape index (κ1) is 18.7. The molecule has 2 atom stereocenters. The summed E-state index contributed by atoms with van der Waals surface area (Å²) in [5.74, 6) is 1.39. The van der Waals surface area contributed by atoms with Gasteiger partial charge in [0.2, 0.25) is 5.91 Å². The Labute approximate surface area is 173 Å². The predicted octanol–water partition coefficient (Wildman–Crippen LogP) is 3.49. The fourth-order valence-electron chi connectivity index (χ4n) is 4.08. The first-order valence-corrected chi connectivity index (χ1v) is 11.2. The van der Waals surface area contributed by atoms with Gasteiger partial charge in [0, 0.05) is 41.8 Å². The fraction of sp³-hybridized carbons (Fsp3) is 0.476. The van der Waals surface area contributed by atoms with Crippen LogP contribution in [0.3, 0.4) is 0 Å². The van der Waals surface area contributed by atoms with E-state index in [1.807, 2.05) is 37.1 Å². The Morgan fingerprint density at radius 3 is 2.72 bits per heavy atom. The topological polar surface area (TPSA) is 76.0 Å². The van der Waals surface area contributed by atoms with Crippen molar-refractivity contribution >= 4 is 28.6 Å². The quantitative estimate of drug-likeness (QED) is 0.651. The number of carbonyl (C=O) groups is 1. The molecule has 5 rings (SSSR count). The molecule has 0 radical (unpaired) electrons. The van der Waals surface area contributed by atoms with E-state index in [1.54, 1.807) is 0 Å². The highest BCUT2D eigenvalue weighted by molar-refractivity contribution is 7.99. The molecule has 1 aliphatic carbocycles. The normalized spacial score (nSPS) is 22.3. The van der Waals surface area contributed by atoms with Gasteiger partial charge in [0.25, 0.3) is 0 Å². The lowest BCUT2D eigenvalue weighted by Crippen LogP contribution is -2.48. The van der Waals surface area contributed by atoms with Crippen molar-refractivity contribution in [1.29, 1.82) is 0 Å². The Morgan fingerprint density at radius 2 is 1.97 bits per heavy atom. The van der Waals surface area contributed by atoms with E-state index in [2.05, 4.69) is 31.9 Å². The molecule has 1 aliphatic heterocycles. The van der Waals surface area contributed by atoms with Crippen molar-refractivity contribution in [2.75, 3.05) is 18.8 Å². The van der Waals surface area contributed by atoms with Gasteiger partial charge in [-0.3, -0.25) is 9.36 Å². The Hall–Kier alpha value is -2.32. The largest absolute Gasteiger partial charge is 0.372 e. The number of H-pyrrole nitrogens is 1. The van der Waals surface area contributed by atoms with Crippen LogP contribution in [0.1, 0.15) is 32.7 Å². The molecule has 1 saturated heterocycles. The second kappa shape index (κ2) is 7.50. The molecule has 2 aromatic heterocycles. The molecule has 0 unspecified atom stereocenters. The Morgan fingerprint density at radius 1 is 1.21 bits per heavy atom. The molecule has 0 bridgehead atoms. The maximum absolute atomic E-state index is 12.8. The number of nitrogens with one attached hydrogen (secondary N) is 1. The number of aromatic nitrogens is 4. The molecular weight excluding hydrogens is 386 g/mol. The zero-order chi connectivity index (χ0) is 20.0. The highest BCUT2D eigenvalue weighted by Gasteiger charge is 2.32. The van der Waals surface area contributed by atoms with Gasteiger partial charge in [-0.05, 0) is 32.8 Å². The van der Waals surface area contributed by atoms with E-state index < -0.39 is 0 Å². The van der Waals surface area contributed by atoms with Crippen LogP contribution in [0.2, 0.25) is 0 Å². The van der Waals surface area contributed by atoms with Gasteiger partial charge in [-0.25, -0.2) is 0 Å². The summed E-state index contributed by atoms with van der Waals surface area (Å²) in [5, 5.41) is 10.9. The van der Waals surface area contributed by atoms with Gasteiger partial charge in [-0.15, -0.1) is 10.2 Å². The fourth-order valence-corrected chi connectivity index (χ4v) is 4.98. The van der Waals surface area contributed by atoms with Crippen LogP contribution in [0, 0.1) is 0 Å². The highest BCUT2D eigenvalue weighted by atomic mass is 32.2. The number of ether oxygens (including phenoxy) is 1. The molecule has 7 nitrogen and oxygen atoms in total. The number of rotatable bonds is 5. The van der Waals surface area contributed by atoms with Crippen molar-refractivity contribution in [2.45, 2.75) is 50.1 Å². The van der Waals surface area contributed by atoms with Crippen LogP contribution in [0.25, 0.3) is 22.3 Å². The average Bonchev–Trinajstić information content (AvgIpc) is 3.31. The summed E-state index contributed by atoms with van der Waals surface area (Å²) in [6.45, 7) is 5.33. The van der Waals surface area contributed by atoms with Crippen molar-refractivity contribution in [1.82, 2.24) is 24.6 Å². The van der Waals surface area contributed by atoms with Crippen LogP contribution >= 0.6 is 11.8 Å². The van der Waals surface area contributed by atoms with Crippen molar-refractivity contribution in [3.63, 3.8) is 0 Å². The van der Waals surface area contributed by atoms with Crippen LogP contribution in [-0.4, -0.2) is 61.6 Å². The minimum atomic E-state index is 0.0799. The minimum Gasteiger partial charge on any atom is -0.372 e. The molecule has 1 N–H and O–H groups in total. The van der Waals surface area contributed by atoms with Gasteiger partial charge in [0.15, 0.2) is 11.0 Å². The maximum Gasteiger partial charge on any atom is 0.233 e. The van der Waals surface area contributed by atoms with Gasteiger partial charge in [-0.1, -0.05) is 30.0 Å². The highest BCUT2D eigenvalue weighted by Crippen LogP contribution is 2.42. The standard InChI is InChI=1S/C21H25N5O2S/c1-13-10-25(11-14(2)28-13)19(27)12-29-21-24-23-20(26(21)15-7-8-15)17-9-22-18-6-4-3-5-16(17)18/h3-6,9,13-15,22H,7-8,10-12H2,1-2H3/t13-,14-/m1/s1. The van der Waals surface area contributed by atoms with Crippen LogP contribution in [-0.2, 0) is 9.53 Å². The Balaban J connectivity index is 1.37. The van der Waals surface area contributed by atoms with Crippen molar-refractivity contribution in [3.8, 4) is 11.4 Å². The zero-order valence-electron chi connectivity index (χ0n) is 16.7. The SMILES string of the molecule is C[C@@H]1CN(C(=O)CSc2nnc(-c3c[nH]c4ccccc34)n2C2CC2)C[C@@H](C)O1. The molecular formula is C21H25N5O2S. The second-order valence-corrected chi connectivity index (χ2v) is 8.94. The van der Waals surface area contributed by atoms with Crippen LogP contribution in [0.4, 0.5) is 0 Å². The number of amides is 1. The van der Waals surface area contributed by atoms with Gasteiger partial charge >= 0.3 is 0 Å². The molecule has 8 heteroatoms. The smallest absolute Gasteiger partial charge is 0.233 e. The van der Waals surface area contributed by atoms with Crippen molar-refractivity contribution in [3.05, 3.63) is 30.5 Å². The molecule has 152 valence electrons. The van der Waals surface area contributed by atoms with Crippen LogP contribution < -0.4 is 0 Å². The average molecular weight is 412 g/mol. The third-order valence-corrected chi connectivity index (χ3v) is 6.43.